The number of carbonyl (C=O) groups is 1. The lowest BCUT2D eigenvalue weighted by Crippen LogP contribution is -2.42. The molecule has 3 aromatic carbocycles. The van der Waals surface area contributed by atoms with Crippen LogP contribution < -0.4 is 10.1 Å². The van der Waals surface area contributed by atoms with Gasteiger partial charge in [-0.05, 0) is 41.5 Å². The van der Waals surface area contributed by atoms with Crippen molar-refractivity contribution in [2.45, 2.75) is 12.5 Å². The van der Waals surface area contributed by atoms with Crippen LogP contribution in [0.15, 0.2) is 77.9 Å². The number of nitrogens with zero attached hydrogens (tertiary/aromatic N) is 3. The van der Waals surface area contributed by atoms with Crippen LogP contribution in [0.4, 0.5) is 5.69 Å². The first-order chi connectivity index (χ1) is 17.6. The van der Waals surface area contributed by atoms with E-state index in [1.165, 1.54) is 12.7 Å². The Labute approximate surface area is 216 Å². The van der Waals surface area contributed by atoms with E-state index in [9.17, 15) is 4.79 Å². The molecule has 2 aliphatic heterocycles. The molecular formula is C28H29ClN4O3. The molecule has 0 bridgehead atoms. The number of morpholine rings is 1. The number of anilines is 1. The number of rotatable bonds is 7. The fraction of sp³-hybridized carbons (Fsp3) is 0.286. The van der Waals surface area contributed by atoms with Gasteiger partial charge in [-0.25, -0.2) is 0 Å². The standard InChI is InChI=1S/C28H29ClN4O3/c1-35-27-12-9-22(29)17-24(27)28(34)30-23-10-7-20(8-11-23)25-18-26(21-5-3-2-4-6-21)33(31-25)19-32-13-15-36-16-14-32/h2-12,17,26H,13-16,18-19H2,1H3,(H,30,34). The van der Waals surface area contributed by atoms with E-state index in [0.717, 1.165) is 50.7 Å². The van der Waals surface area contributed by atoms with Gasteiger partial charge in [-0.1, -0.05) is 54.1 Å². The summed E-state index contributed by atoms with van der Waals surface area (Å²) >= 11 is 6.08. The van der Waals surface area contributed by atoms with Gasteiger partial charge in [0, 0.05) is 30.2 Å². The van der Waals surface area contributed by atoms with Gasteiger partial charge in [0.15, 0.2) is 0 Å². The third kappa shape index (κ3) is 5.54. The van der Waals surface area contributed by atoms with E-state index < -0.39 is 0 Å². The molecule has 36 heavy (non-hydrogen) atoms. The topological polar surface area (TPSA) is 66.4 Å². The largest absolute Gasteiger partial charge is 0.496 e. The van der Waals surface area contributed by atoms with Gasteiger partial charge in [-0.15, -0.1) is 0 Å². The highest BCUT2D eigenvalue weighted by molar-refractivity contribution is 6.31. The highest BCUT2D eigenvalue weighted by Gasteiger charge is 2.30. The first kappa shape index (κ1) is 24.3. The van der Waals surface area contributed by atoms with E-state index in [2.05, 4.69) is 39.5 Å². The molecule has 1 fully saturated rings. The van der Waals surface area contributed by atoms with E-state index in [4.69, 9.17) is 26.2 Å². The molecule has 0 aliphatic carbocycles. The van der Waals surface area contributed by atoms with E-state index in [1.807, 2.05) is 30.3 Å². The number of benzene rings is 3. The molecule has 1 N–H and O–H groups in total. The minimum atomic E-state index is -0.277. The molecule has 0 aromatic heterocycles. The summed E-state index contributed by atoms with van der Waals surface area (Å²) in [5.74, 6) is 0.197. The van der Waals surface area contributed by atoms with E-state index in [0.29, 0.717) is 22.0 Å². The average molecular weight is 505 g/mol. The van der Waals surface area contributed by atoms with Crippen LogP contribution in [-0.4, -0.2) is 61.6 Å². The first-order valence-electron chi connectivity index (χ1n) is 12.1. The van der Waals surface area contributed by atoms with Crippen LogP contribution in [0.25, 0.3) is 0 Å². The van der Waals surface area contributed by atoms with Crippen LogP contribution >= 0.6 is 11.6 Å². The van der Waals surface area contributed by atoms with Gasteiger partial charge in [0.1, 0.15) is 5.75 Å². The van der Waals surface area contributed by atoms with Crippen LogP contribution in [0.3, 0.4) is 0 Å². The van der Waals surface area contributed by atoms with E-state index in [-0.39, 0.29) is 11.9 Å². The SMILES string of the molecule is COc1ccc(Cl)cc1C(=O)Nc1ccc(C2=NN(CN3CCOCC3)C(c3ccccc3)C2)cc1. The molecule has 5 rings (SSSR count). The Bertz CT molecular complexity index is 1230. The van der Waals surface area contributed by atoms with Gasteiger partial charge in [0.2, 0.25) is 0 Å². The molecule has 1 saturated heterocycles. The molecular weight excluding hydrogens is 476 g/mol. The molecule has 186 valence electrons. The van der Waals surface area contributed by atoms with Crippen LogP contribution in [0.1, 0.15) is 33.9 Å². The number of hydrogen-bond donors (Lipinski definition) is 1. The monoisotopic (exact) mass is 504 g/mol. The number of ether oxygens (including phenoxy) is 2. The van der Waals surface area contributed by atoms with Crippen molar-refractivity contribution in [2.24, 2.45) is 5.10 Å². The third-order valence-corrected chi connectivity index (χ3v) is 6.75. The molecule has 1 unspecified atom stereocenters. The zero-order valence-corrected chi connectivity index (χ0v) is 20.9. The summed E-state index contributed by atoms with van der Waals surface area (Å²) in [6.45, 7) is 4.11. The van der Waals surface area contributed by atoms with Crippen LogP contribution in [-0.2, 0) is 4.74 Å². The third-order valence-electron chi connectivity index (χ3n) is 6.51. The van der Waals surface area contributed by atoms with Crippen molar-refractivity contribution in [3.8, 4) is 5.75 Å². The zero-order chi connectivity index (χ0) is 24.9. The molecule has 2 heterocycles. The summed E-state index contributed by atoms with van der Waals surface area (Å²) in [7, 11) is 1.53. The quantitative estimate of drug-likeness (QED) is 0.488. The Morgan fingerprint density at radius 2 is 1.83 bits per heavy atom. The molecule has 0 radical (unpaired) electrons. The number of methoxy groups -OCH3 is 1. The fourth-order valence-corrected chi connectivity index (χ4v) is 4.75. The average Bonchev–Trinajstić information content (AvgIpc) is 3.34. The summed E-state index contributed by atoms with van der Waals surface area (Å²) < 4.78 is 10.8. The smallest absolute Gasteiger partial charge is 0.259 e. The summed E-state index contributed by atoms with van der Waals surface area (Å²) in [5.41, 5.74) is 4.40. The second-order valence-corrected chi connectivity index (χ2v) is 9.30. The molecule has 8 heteroatoms. The molecule has 0 spiro atoms. The molecule has 1 amide bonds. The Balaban J connectivity index is 1.32. The van der Waals surface area contributed by atoms with Crippen LogP contribution in [0, 0.1) is 0 Å². The maximum absolute atomic E-state index is 12.8. The van der Waals surface area contributed by atoms with Crippen molar-refractivity contribution in [3.05, 3.63) is 94.5 Å². The normalized spacial score (nSPS) is 18.1. The molecule has 7 nitrogen and oxygen atoms in total. The first-order valence-corrected chi connectivity index (χ1v) is 12.4. The van der Waals surface area contributed by atoms with Crippen molar-refractivity contribution in [2.75, 3.05) is 45.4 Å². The highest BCUT2D eigenvalue weighted by Crippen LogP contribution is 2.33. The van der Waals surface area contributed by atoms with Gasteiger partial charge in [0.05, 0.1) is 44.3 Å². The van der Waals surface area contributed by atoms with Crippen LogP contribution in [0.2, 0.25) is 5.02 Å². The van der Waals surface area contributed by atoms with Crippen molar-refractivity contribution in [3.63, 3.8) is 0 Å². The van der Waals surface area contributed by atoms with Gasteiger partial charge in [-0.2, -0.15) is 5.10 Å². The van der Waals surface area contributed by atoms with Crippen LogP contribution in [0.5, 0.6) is 5.75 Å². The lowest BCUT2D eigenvalue weighted by molar-refractivity contribution is 0.00382. The lowest BCUT2D eigenvalue weighted by Gasteiger charge is -2.33. The van der Waals surface area contributed by atoms with E-state index >= 15 is 0 Å². The van der Waals surface area contributed by atoms with E-state index in [1.54, 1.807) is 18.2 Å². The Kier molecular flexibility index (Phi) is 7.51. The lowest BCUT2D eigenvalue weighted by atomic mass is 9.98. The minimum Gasteiger partial charge on any atom is -0.496 e. The van der Waals surface area contributed by atoms with Gasteiger partial charge < -0.3 is 14.8 Å². The number of amides is 1. The zero-order valence-electron chi connectivity index (χ0n) is 20.2. The van der Waals surface area contributed by atoms with Gasteiger partial charge in [-0.3, -0.25) is 14.7 Å². The predicted molar refractivity (Wildman–Crippen MR) is 142 cm³/mol. The number of carbonyl (C=O) groups excluding carboxylic acids is 1. The Morgan fingerprint density at radius 3 is 2.56 bits per heavy atom. The highest BCUT2D eigenvalue weighted by atomic mass is 35.5. The Hall–Kier alpha value is -3.39. The summed E-state index contributed by atoms with van der Waals surface area (Å²) in [4.78, 5) is 15.2. The number of hydrogen-bond acceptors (Lipinski definition) is 6. The van der Waals surface area contributed by atoms with Gasteiger partial charge in [0.25, 0.3) is 5.91 Å². The summed E-state index contributed by atoms with van der Waals surface area (Å²) in [6.07, 6.45) is 0.819. The second-order valence-electron chi connectivity index (χ2n) is 8.86. The molecule has 1 atom stereocenters. The molecule has 0 saturated carbocycles. The van der Waals surface area contributed by atoms with Crippen molar-refractivity contribution in [1.82, 2.24) is 9.91 Å². The van der Waals surface area contributed by atoms with Crippen molar-refractivity contribution < 1.29 is 14.3 Å². The molecule has 2 aliphatic rings. The minimum absolute atomic E-state index is 0.179. The van der Waals surface area contributed by atoms with Crippen molar-refractivity contribution >= 4 is 28.9 Å². The Morgan fingerprint density at radius 1 is 1.08 bits per heavy atom. The second kappa shape index (κ2) is 11.1. The number of nitrogens with one attached hydrogen (secondary N) is 1. The van der Waals surface area contributed by atoms with Crippen molar-refractivity contribution in [1.29, 1.82) is 0 Å². The predicted octanol–water partition coefficient (Wildman–Crippen LogP) is 5.04. The maximum atomic E-state index is 12.8. The molecule has 3 aromatic rings. The number of halogens is 1. The number of hydrazone groups is 1. The van der Waals surface area contributed by atoms with Gasteiger partial charge >= 0.3 is 0 Å². The fourth-order valence-electron chi connectivity index (χ4n) is 4.57. The maximum Gasteiger partial charge on any atom is 0.259 e. The summed E-state index contributed by atoms with van der Waals surface area (Å²) in [6, 6.07) is 23.5. The summed E-state index contributed by atoms with van der Waals surface area (Å²) in [5, 5.41) is 10.6.